The van der Waals surface area contributed by atoms with Crippen LogP contribution in [0.1, 0.15) is 43.0 Å². The van der Waals surface area contributed by atoms with Gasteiger partial charge in [0.05, 0.1) is 5.69 Å². The van der Waals surface area contributed by atoms with Crippen molar-refractivity contribution in [3.05, 3.63) is 112 Å². The van der Waals surface area contributed by atoms with Gasteiger partial charge in [0, 0.05) is 39.1 Å². The summed E-state index contributed by atoms with van der Waals surface area (Å²) in [6.45, 7) is 4.04. The molecule has 0 saturated carbocycles. The van der Waals surface area contributed by atoms with Gasteiger partial charge in [0.1, 0.15) is 16.6 Å². The number of ether oxygens (including phenoxy) is 2. The Kier molecular flexibility index (Phi) is 9.31. The topological polar surface area (TPSA) is 106 Å². The second kappa shape index (κ2) is 13.3. The molecule has 0 bridgehead atoms. The molecule has 2 heterocycles. The van der Waals surface area contributed by atoms with E-state index in [9.17, 15) is 9.59 Å². The van der Waals surface area contributed by atoms with Crippen molar-refractivity contribution >= 4 is 57.9 Å². The van der Waals surface area contributed by atoms with Gasteiger partial charge >= 0.3 is 12.2 Å². The van der Waals surface area contributed by atoms with Gasteiger partial charge in [-0.1, -0.05) is 85.2 Å². The fourth-order valence-electron chi connectivity index (χ4n) is 4.29. The van der Waals surface area contributed by atoms with E-state index in [1.54, 1.807) is 30.6 Å². The first-order valence-corrected chi connectivity index (χ1v) is 14.6. The Morgan fingerprint density at radius 3 is 2.40 bits per heavy atom. The number of aromatic nitrogens is 3. The van der Waals surface area contributed by atoms with Gasteiger partial charge in [-0.3, -0.25) is 4.98 Å². The summed E-state index contributed by atoms with van der Waals surface area (Å²) in [5.41, 5.74) is 1.64. The minimum atomic E-state index is -0.974. The number of aromatic amines is 1. The van der Waals surface area contributed by atoms with Crippen molar-refractivity contribution < 1.29 is 19.1 Å². The number of fused-ring (bicyclic) bond motifs is 1. The standard InChI is InChI=1S/C31H26Cl2N4O4S/c1-18(2)27-29(42-23-16-21(32)15-22(33)17-23)36-28(35-27)26(14-19-10-12-34-13-11-19)41-31(39)37-30(38)40-25-9-5-7-20-6-3-4-8-24(20)25/h3-13,15-18,26H,14H2,1-2H3,(H,35,36)(H,37,38,39). The second-order valence-electron chi connectivity index (χ2n) is 9.64. The molecule has 2 N–H and O–H groups in total. The van der Waals surface area contributed by atoms with Crippen LogP contribution in [-0.2, 0) is 11.2 Å². The predicted molar refractivity (Wildman–Crippen MR) is 164 cm³/mol. The molecule has 42 heavy (non-hydrogen) atoms. The van der Waals surface area contributed by atoms with Crippen molar-refractivity contribution in [2.24, 2.45) is 0 Å². The van der Waals surface area contributed by atoms with Crippen LogP contribution < -0.4 is 10.1 Å². The highest BCUT2D eigenvalue weighted by molar-refractivity contribution is 7.99. The average Bonchev–Trinajstić information content (AvgIpc) is 3.37. The molecule has 214 valence electrons. The number of H-pyrrole nitrogens is 1. The fraction of sp³-hybridized carbons (Fsp3) is 0.161. The smallest absolute Gasteiger partial charge is 0.422 e. The number of pyridine rings is 1. The maximum Gasteiger partial charge on any atom is 0.422 e. The van der Waals surface area contributed by atoms with E-state index in [2.05, 4.69) is 15.3 Å². The largest absolute Gasteiger partial charge is 0.437 e. The normalized spacial score (nSPS) is 11.8. The number of carbonyl (C=O) groups is 2. The lowest BCUT2D eigenvalue weighted by atomic mass is 10.1. The van der Waals surface area contributed by atoms with E-state index in [4.69, 9.17) is 37.7 Å². The van der Waals surface area contributed by atoms with E-state index in [1.807, 2.05) is 68.4 Å². The summed E-state index contributed by atoms with van der Waals surface area (Å²) in [7, 11) is 0. The van der Waals surface area contributed by atoms with Gasteiger partial charge < -0.3 is 14.5 Å². The van der Waals surface area contributed by atoms with Crippen LogP contribution in [0.5, 0.6) is 5.75 Å². The molecule has 1 unspecified atom stereocenters. The number of alkyl carbamates (subject to hydrolysis) is 1. The monoisotopic (exact) mass is 620 g/mol. The molecule has 8 nitrogen and oxygen atoms in total. The number of rotatable bonds is 8. The molecule has 5 rings (SSSR count). The lowest BCUT2D eigenvalue weighted by Gasteiger charge is -2.16. The van der Waals surface area contributed by atoms with Gasteiger partial charge in [0.2, 0.25) is 0 Å². The Hall–Kier alpha value is -4.05. The van der Waals surface area contributed by atoms with Gasteiger partial charge in [-0.2, -0.15) is 0 Å². The molecular formula is C31H26Cl2N4O4S. The van der Waals surface area contributed by atoms with E-state index in [-0.39, 0.29) is 12.3 Å². The molecule has 3 aromatic carbocycles. The molecule has 1 atom stereocenters. The molecule has 0 spiro atoms. The minimum Gasteiger partial charge on any atom is -0.437 e. The summed E-state index contributed by atoms with van der Waals surface area (Å²) in [5.74, 6) is 0.795. The summed E-state index contributed by atoms with van der Waals surface area (Å²) in [6.07, 6.45) is 0.798. The number of amides is 2. The van der Waals surface area contributed by atoms with Gasteiger partial charge in [-0.05, 0) is 53.3 Å². The van der Waals surface area contributed by atoms with Crippen LogP contribution >= 0.6 is 35.0 Å². The molecular weight excluding hydrogens is 595 g/mol. The molecule has 2 aromatic heterocycles. The Labute approximate surface area is 256 Å². The van der Waals surface area contributed by atoms with Crippen molar-refractivity contribution in [3.63, 3.8) is 0 Å². The number of hydrogen-bond acceptors (Lipinski definition) is 7. The molecule has 0 aliphatic heterocycles. The quantitative estimate of drug-likeness (QED) is 0.178. The Morgan fingerprint density at radius 1 is 0.952 bits per heavy atom. The molecule has 0 aliphatic carbocycles. The zero-order valence-electron chi connectivity index (χ0n) is 22.6. The van der Waals surface area contributed by atoms with Crippen molar-refractivity contribution in [3.8, 4) is 5.75 Å². The van der Waals surface area contributed by atoms with E-state index in [0.29, 0.717) is 21.6 Å². The van der Waals surface area contributed by atoms with Crippen molar-refractivity contribution in [2.45, 2.75) is 42.2 Å². The second-order valence-corrected chi connectivity index (χ2v) is 11.6. The summed E-state index contributed by atoms with van der Waals surface area (Å²) in [4.78, 5) is 38.6. The van der Waals surface area contributed by atoms with Gasteiger partial charge in [0.15, 0.2) is 6.10 Å². The number of imidazole rings is 1. The van der Waals surface area contributed by atoms with Crippen LogP contribution in [-0.4, -0.2) is 27.1 Å². The lowest BCUT2D eigenvalue weighted by Crippen LogP contribution is -2.34. The first-order valence-electron chi connectivity index (χ1n) is 13.0. The average molecular weight is 622 g/mol. The van der Waals surface area contributed by atoms with Crippen molar-refractivity contribution in [1.29, 1.82) is 0 Å². The maximum atomic E-state index is 13.0. The fourth-order valence-corrected chi connectivity index (χ4v) is 6.10. The Bertz CT molecular complexity index is 1700. The highest BCUT2D eigenvalue weighted by Crippen LogP contribution is 2.37. The summed E-state index contributed by atoms with van der Waals surface area (Å²) in [6, 6.07) is 21.7. The van der Waals surface area contributed by atoms with Crippen molar-refractivity contribution in [2.75, 3.05) is 0 Å². The summed E-state index contributed by atoms with van der Waals surface area (Å²) in [5, 5.41) is 5.59. The lowest BCUT2D eigenvalue weighted by molar-refractivity contribution is 0.0924. The maximum absolute atomic E-state index is 13.0. The molecule has 0 aliphatic rings. The van der Waals surface area contributed by atoms with E-state index in [1.165, 1.54) is 11.8 Å². The number of carbonyl (C=O) groups excluding carboxylic acids is 2. The van der Waals surface area contributed by atoms with Crippen LogP contribution in [0.3, 0.4) is 0 Å². The number of nitrogens with zero attached hydrogens (tertiary/aromatic N) is 2. The number of halogens is 2. The van der Waals surface area contributed by atoms with E-state index in [0.717, 1.165) is 32.0 Å². The Balaban J connectivity index is 1.37. The highest BCUT2D eigenvalue weighted by Gasteiger charge is 2.26. The number of nitrogens with one attached hydrogen (secondary N) is 2. The van der Waals surface area contributed by atoms with Crippen LogP contribution in [0.25, 0.3) is 10.8 Å². The predicted octanol–water partition coefficient (Wildman–Crippen LogP) is 8.75. The molecule has 0 fully saturated rings. The third-order valence-corrected chi connectivity index (χ3v) is 7.62. The van der Waals surface area contributed by atoms with Crippen LogP contribution in [0, 0.1) is 0 Å². The zero-order valence-corrected chi connectivity index (χ0v) is 25.0. The van der Waals surface area contributed by atoms with E-state index >= 15 is 0 Å². The molecule has 5 aromatic rings. The van der Waals surface area contributed by atoms with E-state index < -0.39 is 18.3 Å². The molecule has 0 saturated heterocycles. The zero-order chi connectivity index (χ0) is 29.6. The highest BCUT2D eigenvalue weighted by atomic mass is 35.5. The first-order chi connectivity index (χ1) is 20.2. The van der Waals surface area contributed by atoms with Gasteiger partial charge in [-0.25, -0.2) is 19.9 Å². The first kappa shape index (κ1) is 29.4. The van der Waals surface area contributed by atoms with Gasteiger partial charge in [0.25, 0.3) is 0 Å². The molecule has 0 radical (unpaired) electrons. The summed E-state index contributed by atoms with van der Waals surface area (Å²) < 4.78 is 11.2. The molecule has 2 amide bonds. The molecule has 11 heteroatoms. The number of imide groups is 1. The number of benzene rings is 3. The SMILES string of the molecule is CC(C)c1nc(C(Cc2ccncc2)OC(=O)NC(=O)Oc2cccc3ccccc23)[nH]c1Sc1cc(Cl)cc(Cl)c1. The Morgan fingerprint density at radius 2 is 1.67 bits per heavy atom. The third-order valence-electron chi connectivity index (χ3n) is 6.20. The third kappa shape index (κ3) is 7.42. The van der Waals surface area contributed by atoms with Gasteiger partial charge in [-0.15, -0.1) is 0 Å². The number of hydrogen-bond donors (Lipinski definition) is 2. The van der Waals surface area contributed by atoms with Crippen molar-refractivity contribution in [1.82, 2.24) is 20.3 Å². The minimum absolute atomic E-state index is 0.0539. The summed E-state index contributed by atoms with van der Waals surface area (Å²) >= 11 is 13.8. The van der Waals surface area contributed by atoms with Crippen LogP contribution in [0.4, 0.5) is 9.59 Å². The van der Waals surface area contributed by atoms with Crippen LogP contribution in [0.15, 0.2) is 95.1 Å². The van der Waals surface area contributed by atoms with Crippen LogP contribution in [0.2, 0.25) is 10.0 Å².